The van der Waals surface area contributed by atoms with Crippen LogP contribution >= 0.6 is 0 Å². The summed E-state index contributed by atoms with van der Waals surface area (Å²) in [6, 6.07) is 13.3. The molecule has 0 heterocycles. The molecule has 1 unspecified atom stereocenters. The van der Waals surface area contributed by atoms with Crippen molar-refractivity contribution in [1.29, 1.82) is 0 Å². The molecule has 1 atom stereocenters. The predicted octanol–water partition coefficient (Wildman–Crippen LogP) is 3.72. The fourth-order valence-electron chi connectivity index (χ4n) is 2.62. The zero-order chi connectivity index (χ0) is 16.8. The summed E-state index contributed by atoms with van der Waals surface area (Å²) in [4.78, 5) is 12.1. The minimum absolute atomic E-state index is 0.171. The molecule has 0 aliphatic heterocycles. The van der Waals surface area contributed by atoms with Gasteiger partial charge in [0.15, 0.2) is 0 Å². The van der Waals surface area contributed by atoms with Crippen molar-refractivity contribution >= 4 is 11.7 Å². The van der Waals surface area contributed by atoms with E-state index in [-0.39, 0.29) is 12.6 Å². The van der Waals surface area contributed by atoms with E-state index in [1.54, 1.807) is 0 Å². The molecular weight excluding hydrogens is 288 g/mol. The Labute approximate surface area is 137 Å². The zero-order valence-corrected chi connectivity index (χ0v) is 13.9. The van der Waals surface area contributed by atoms with Crippen LogP contribution in [0.15, 0.2) is 42.5 Å². The fourth-order valence-corrected chi connectivity index (χ4v) is 2.62. The molecule has 0 saturated carbocycles. The highest BCUT2D eigenvalue weighted by molar-refractivity contribution is 5.91. The topological polar surface area (TPSA) is 61.4 Å². The van der Waals surface area contributed by atoms with E-state index in [4.69, 9.17) is 0 Å². The van der Waals surface area contributed by atoms with E-state index < -0.39 is 6.10 Å². The number of benzene rings is 2. The number of hydrogen-bond donors (Lipinski definition) is 3. The van der Waals surface area contributed by atoms with Crippen LogP contribution in [0.5, 0.6) is 0 Å². The van der Waals surface area contributed by atoms with Gasteiger partial charge in [-0.3, -0.25) is 0 Å². The van der Waals surface area contributed by atoms with E-state index in [0.29, 0.717) is 0 Å². The molecule has 0 fully saturated rings. The van der Waals surface area contributed by atoms with Crippen LogP contribution in [0.25, 0.3) is 0 Å². The smallest absolute Gasteiger partial charge is 0.319 e. The largest absolute Gasteiger partial charge is 0.387 e. The average molecular weight is 312 g/mol. The fraction of sp³-hybridized carbons (Fsp3) is 0.316. The lowest BCUT2D eigenvalue weighted by atomic mass is 10.0. The van der Waals surface area contributed by atoms with Crippen molar-refractivity contribution in [2.45, 2.75) is 33.3 Å². The number of aryl methyl sites for hydroxylation is 3. The minimum Gasteiger partial charge on any atom is -0.387 e. The molecule has 0 bridgehead atoms. The highest BCUT2D eigenvalue weighted by Gasteiger charge is 2.13. The first-order valence-corrected chi connectivity index (χ1v) is 7.89. The van der Waals surface area contributed by atoms with Gasteiger partial charge in [0.25, 0.3) is 0 Å². The zero-order valence-electron chi connectivity index (χ0n) is 13.9. The summed E-state index contributed by atoms with van der Waals surface area (Å²) in [6.07, 6.45) is 0.132. The van der Waals surface area contributed by atoms with Gasteiger partial charge in [0.05, 0.1) is 6.10 Å². The Morgan fingerprint density at radius 3 is 2.48 bits per heavy atom. The molecule has 0 spiro atoms. The van der Waals surface area contributed by atoms with Gasteiger partial charge in [-0.05, 0) is 42.5 Å². The molecule has 0 aliphatic rings. The van der Waals surface area contributed by atoms with Gasteiger partial charge < -0.3 is 15.7 Å². The number of para-hydroxylation sites is 1. The summed E-state index contributed by atoms with van der Waals surface area (Å²) in [5.41, 5.74) is 4.81. The summed E-state index contributed by atoms with van der Waals surface area (Å²) in [6.45, 7) is 6.14. The average Bonchev–Trinajstić information content (AvgIpc) is 2.55. The number of aliphatic hydroxyl groups excluding tert-OH is 1. The Bertz CT molecular complexity index is 683. The van der Waals surface area contributed by atoms with Crippen LogP contribution in [0.4, 0.5) is 10.5 Å². The minimum atomic E-state index is -0.718. The third kappa shape index (κ3) is 4.33. The molecule has 4 heteroatoms. The summed E-state index contributed by atoms with van der Waals surface area (Å²) < 4.78 is 0. The maximum Gasteiger partial charge on any atom is 0.319 e. The predicted molar refractivity (Wildman–Crippen MR) is 93.7 cm³/mol. The van der Waals surface area contributed by atoms with Crippen molar-refractivity contribution in [1.82, 2.24) is 5.32 Å². The Balaban J connectivity index is 1.97. The summed E-state index contributed by atoms with van der Waals surface area (Å²) in [7, 11) is 0. The number of carbonyl (C=O) groups is 1. The first-order chi connectivity index (χ1) is 11.0. The lowest BCUT2D eigenvalue weighted by Crippen LogP contribution is -2.33. The second-order valence-corrected chi connectivity index (χ2v) is 5.67. The number of urea groups is 1. The van der Waals surface area contributed by atoms with Crippen molar-refractivity contribution in [2.75, 3.05) is 11.9 Å². The Hall–Kier alpha value is -2.33. The van der Waals surface area contributed by atoms with Crippen LogP contribution in [0.3, 0.4) is 0 Å². The number of aliphatic hydroxyl groups is 1. The molecule has 2 aromatic carbocycles. The Kier molecular flexibility index (Phi) is 5.77. The van der Waals surface area contributed by atoms with E-state index in [0.717, 1.165) is 34.4 Å². The van der Waals surface area contributed by atoms with E-state index >= 15 is 0 Å². The van der Waals surface area contributed by atoms with Gasteiger partial charge >= 0.3 is 6.03 Å². The molecule has 0 radical (unpaired) electrons. The summed E-state index contributed by atoms with van der Waals surface area (Å²) >= 11 is 0. The second kappa shape index (κ2) is 7.79. The SMILES string of the molecule is CCc1cccc(C)c1NC(=O)NCC(O)c1ccccc1C. The number of nitrogens with one attached hydrogen (secondary N) is 2. The van der Waals surface area contributed by atoms with Gasteiger partial charge in [0, 0.05) is 12.2 Å². The number of rotatable bonds is 5. The van der Waals surface area contributed by atoms with Gasteiger partial charge in [-0.15, -0.1) is 0 Å². The lowest BCUT2D eigenvalue weighted by molar-refractivity contribution is 0.174. The highest BCUT2D eigenvalue weighted by atomic mass is 16.3. The van der Waals surface area contributed by atoms with Crippen molar-refractivity contribution in [2.24, 2.45) is 0 Å². The van der Waals surface area contributed by atoms with Crippen LogP contribution in [0.1, 0.15) is 35.3 Å². The van der Waals surface area contributed by atoms with Crippen LogP contribution in [0.2, 0.25) is 0 Å². The van der Waals surface area contributed by atoms with Crippen LogP contribution < -0.4 is 10.6 Å². The maximum absolute atomic E-state index is 12.1. The van der Waals surface area contributed by atoms with E-state index in [2.05, 4.69) is 17.6 Å². The van der Waals surface area contributed by atoms with Gasteiger partial charge in [-0.1, -0.05) is 49.4 Å². The third-order valence-electron chi connectivity index (χ3n) is 3.98. The molecular formula is C19H24N2O2. The molecule has 3 N–H and O–H groups in total. The second-order valence-electron chi connectivity index (χ2n) is 5.67. The quantitative estimate of drug-likeness (QED) is 0.788. The van der Waals surface area contributed by atoms with Crippen LogP contribution in [-0.2, 0) is 6.42 Å². The number of amides is 2. The number of hydrogen-bond acceptors (Lipinski definition) is 2. The van der Waals surface area contributed by atoms with E-state index in [1.165, 1.54) is 0 Å². The molecule has 122 valence electrons. The lowest BCUT2D eigenvalue weighted by Gasteiger charge is -2.17. The maximum atomic E-state index is 12.1. The summed E-state index contributed by atoms with van der Waals surface area (Å²) in [5.74, 6) is 0. The molecule has 0 aliphatic carbocycles. The highest BCUT2D eigenvalue weighted by Crippen LogP contribution is 2.21. The Morgan fingerprint density at radius 1 is 1.09 bits per heavy atom. The molecule has 2 amide bonds. The molecule has 23 heavy (non-hydrogen) atoms. The molecule has 4 nitrogen and oxygen atoms in total. The van der Waals surface area contributed by atoms with Gasteiger partial charge in [0.1, 0.15) is 0 Å². The van der Waals surface area contributed by atoms with Gasteiger partial charge in [-0.2, -0.15) is 0 Å². The third-order valence-corrected chi connectivity index (χ3v) is 3.98. The van der Waals surface area contributed by atoms with Gasteiger partial charge in [-0.25, -0.2) is 4.79 Å². The number of anilines is 1. The van der Waals surface area contributed by atoms with E-state index in [9.17, 15) is 9.90 Å². The molecule has 0 saturated heterocycles. The van der Waals surface area contributed by atoms with Crippen molar-refractivity contribution < 1.29 is 9.90 Å². The number of carbonyl (C=O) groups excluding carboxylic acids is 1. The standard InChI is InChI=1S/C19H24N2O2/c1-4-15-10-7-9-14(3)18(15)21-19(23)20-12-17(22)16-11-6-5-8-13(16)2/h5-11,17,22H,4,12H2,1-3H3,(H2,20,21,23). The normalized spacial score (nSPS) is 11.8. The van der Waals surface area contributed by atoms with Crippen molar-refractivity contribution in [3.63, 3.8) is 0 Å². The van der Waals surface area contributed by atoms with Crippen LogP contribution in [0, 0.1) is 13.8 Å². The summed E-state index contributed by atoms with van der Waals surface area (Å²) in [5, 5.41) is 15.9. The van der Waals surface area contributed by atoms with Crippen molar-refractivity contribution in [3.8, 4) is 0 Å². The van der Waals surface area contributed by atoms with Gasteiger partial charge in [0.2, 0.25) is 0 Å². The monoisotopic (exact) mass is 312 g/mol. The van der Waals surface area contributed by atoms with Crippen molar-refractivity contribution in [3.05, 3.63) is 64.7 Å². The molecule has 2 aromatic rings. The Morgan fingerprint density at radius 2 is 1.78 bits per heavy atom. The molecule has 0 aromatic heterocycles. The first kappa shape index (κ1) is 17.0. The van der Waals surface area contributed by atoms with E-state index in [1.807, 2.05) is 56.3 Å². The van der Waals surface area contributed by atoms with Crippen LogP contribution in [-0.4, -0.2) is 17.7 Å². The molecule has 2 rings (SSSR count). The first-order valence-electron chi connectivity index (χ1n) is 7.89.